The van der Waals surface area contributed by atoms with Crippen LogP contribution in [0.2, 0.25) is 0 Å². The zero-order valence-corrected chi connectivity index (χ0v) is 46.2. The Morgan fingerprint density at radius 2 is 0.522 bits per heavy atom. The van der Waals surface area contributed by atoms with E-state index in [0.29, 0.717) is 19.3 Å². The average molecular weight is 948 g/mol. The topological polar surface area (TPSA) is 78.9 Å². The van der Waals surface area contributed by atoms with Crippen molar-refractivity contribution in [1.29, 1.82) is 0 Å². The normalized spacial score (nSPS) is 12.5. The second-order valence-corrected chi connectivity index (χ2v) is 22.2. The van der Waals surface area contributed by atoms with E-state index in [2.05, 4.69) is 41.5 Å². The van der Waals surface area contributed by atoms with Crippen molar-refractivity contribution in [2.24, 2.45) is 17.8 Å². The highest BCUT2D eigenvalue weighted by molar-refractivity contribution is 5.71. The van der Waals surface area contributed by atoms with Gasteiger partial charge in [-0.1, -0.05) is 298 Å². The predicted molar refractivity (Wildman–Crippen MR) is 289 cm³/mol. The zero-order chi connectivity index (χ0) is 49.1. The molecule has 0 aromatic carbocycles. The van der Waals surface area contributed by atoms with Crippen molar-refractivity contribution in [2.45, 2.75) is 343 Å². The molecule has 6 nitrogen and oxygen atoms in total. The minimum absolute atomic E-state index is 0.0633. The number of hydrogen-bond donors (Lipinski definition) is 0. The molecule has 0 aromatic rings. The summed E-state index contributed by atoms with van der Waals surface area (Å²) >= 11 is 0. The monoisotopic (exact) mass is 947 g/mol. The van der Waals surface area contributed by atoms with Crippen LogP contribution in [-0.4, -0.2) is 37.2 Å². The summed E-state index contributed by atoms with van der Waals surface area (Å²) in [5.41, 5.74) is 0. The van der Waals surface area contributed by atoms with E-state index in [1.165, 1.54) is 218 Å². The molecule has 2 atom stereocenters. The van der Waals surface area contributed by atoms with Crippen molar-refractivity contribution >= 4 is 17.9 Å². The first-order valence-corrected chi connectivity index (χ1v) is 30.1. The standard InChI is InChI=1S/C61H118O6/c1-7-57(6)49-43-37-31-25-21-22-28-34-40-46-52-61(64)67-58(54-66-60(63)51-45-39-33-27-20-16-12-14-18-24-30-36-42-48-56(4)5)53-65-59(62)50-44-38-32-26-19-15-11-9-8-10-13-17-23-29-35-41-47-55(2)3/h55-58H,7-54H2,1-6H3/t57?,58-/m0/s1. The number of carbonyl (C=O) groups excluding carboxylic acids is 3. The Bertz CT molecular complexity index is 1040. The van der Waals surface area contributed by atoms with Gasteiger partial charge in [-0.25, -0.2) is 0 Å². The lowest BCUT2D eigenvalue weighted by molar-refractivity contribution is -0.167. The van der Waals surface area contributed by atoms with Crippen LogP contribution in [0.3, 0.4) is 0 Å². The van der Waals surface area contributed by atoms with Gasteiger partial charge < -0.3 is 14.2 Å². The molecule has 0 aliphatic rings. The van der Waals surface area contributed by atoms with Gasteiger partial charge in [-0.15, -0.1) is 0 Å². The van der Waals surface area contributed by atoms with Gasteiger partial charge in [0, 0.05) is 19.3 Å². The second-order valence-electron chi connectivity index (χ2n) is 22.2. The van der Waals surface area contributed by atoms with Gasteiger partial charge in [0.1, 0.15) is 13.2 Å². The van der Waals surface area contributed by atoms with E-state index in [9.17, 15) is 14.4 Å². The van der Waals surface area contributed by atoms with Crippen LogP contribution in [0.1, 0.15) is 337 Å². The highest BCUT2D eigenvalue weighted by Crippen LogP contribution is 2.19. The molecule has 398 valence electrons. The first-order chi connectivity index (χ1) is 32.6. The molecule has 0 saturated carbocycles. The SMILES string of the molecule is CCC(C)CCCCCCCCCCCCC(=O)O[C@@H](COC(=O)CCCCCCCCCCCCCCCCCCC(C)C)COC(=O)CCCCCCCCCCCCCCCC(C)C. The van der Waals surface area contributed by atoms with Crippen molar-refractivity contribution in [1.82, 2.24) is 0 Å². The van der Waals surface area contributed by atoms with Crippen molar-refractivity contribution in [3.05, 3.63) is 0 Å². The molecule has 1 unspecified atom stereocenters. The Balaban J connectivity index is 4.29. The summed E-state index contributed by atoms with van der Waals surface area (Å²) in [7, 11) is 0. The molecule has 0 heterocycles. The Morgan fingerprint density at radius 3 is 0.776 bits per heavy atom. The number of rotatable bonds is 54. The third-order valence-corrected chi connectivity index (χ3v) is 14.3. The maximum Gasteiger partial charge on any atom is 0.306 e. The lowest BCUT2D eigenvalue weighted by atomic mass is 9.99. The highest BCUT2D eigenvalue weighted by Gasteiger charge is 2.19. The minimum atomic E-state index is -0.764. The summed E-state index contributed by atoms with van der Waals surface area (Å²) in [5.74, 6) is 1.72. The molecular weight excluding hydrogens is 829 g/mol. The highest BCUT2D eigenvalue weighted by atomic mass is 16.6. The largest absolute Gasteiger partial charge is 0.462 e. The van der Waals surface area contributed by atoms with Crippen LogP contribution in [0.15, 0.2) is 0 Å². The van der Waals surface area contributed by atoms with Crippen molar-refractivity contribution in [2.75, 3.05) is 13.2 Å². The summed E-state index contributed by atoms with van der Waals surface area (Å²) < 4.78 is 16.9. The summed E-state index contributed by atoms with van der Waals surface area (Å²) in [6, 6.07) is 0. The number of unbranched alkanes of at least 4 members (excludes halogenated alkanes) is 36. The maximum absolute atomic E-state index is 12.9. The summed E-state index contributed by atoms with van der Waals surface area (Å²) in [6.07, 6.45) is 55.2. The fraction of sp³-hybridized carbons (Fsp3) is 0.951. The van der Waals surface area contributed by atoms with Crippen LogP contribution in [0.25, 0.3) is 0 Å². The molecule has 0 aromatic heterocycles. The second kappa shape index (κ2) is 52.2. The molecule has 67 heavy (non-hydrogen) atoms. The van der Waals surface area contributed by atoms with Gasteiger partial charge in [-0.05, 0) is 37.0 Å². The number of hydrogen-bond acceptors (Lipinski definition) is 6. The molecular formula is C61H118O6. The van der Waals surface area contributed by atoms with Crippen LogP contribution >= 0.6 is 0 Å². The molecule has 0 N–H and O–H groups in total. The van der Waals surface area contributed by atoms with Gasteiger partial charge in [0.05, 0.1) is 0 Å². The molecule has 0 spiro atoms. The quantitative estimate of drug-likeness (QED) is 0.0343. The van der Waals surface area contributed by atoms with Gasteiger partial charge in [-0.3, -0.25) is 14.4 Å². The van der Waals surface area contributed by atoms with E-state index >= 15 is 0 Å². The molecule has 0 aliphatic carbocycles. The van der Waals surface area contributed by atoms with Crippen LogP contribution in [0.4, 0.5) is 0 Å². The Morgan fingerprint density at radius 1 is 0.299 bits per heavy atom. The average Bonchev–Trinajstić information content (AvgIpc) is 3.30. The van der Waals surface area contributed by atoms with Crippen LogP contribution in [0, 0.1) is 17.8 Å². The molecule has 0 radical (unpaired) electrons. The fourth-order valence-corrected chi connectivity index (χ4v) is 9.32. The molecule has 0 amide bonds. The van der Waals surface area contributed by atoms with E-state index < -0.39 is 6.10 Å². The summed E-state index contributed by atoms with van der Waals surface area (Å²) in [5, 5.41) is 0. The van der Waals surface area contributed by atoms with Gasteiger partial charge in [0.2, 0.25) is 0 Å². The van der Waals surface area contributed by atoms with Gasteiger partial charge in [0.25, 0.3) is 0 Å². The van der Waals surface area contributed by atoms with E-state index in [0.717, 1.165) is 75.5 Å². The van der Waals surface area contributed by atoms with Gasteiger partial charge >= 0.3 is 17.9 Å². The van der Waals surface area contributed by atoms with Gasteiger partial charge in [-0.2, -0.15) is 0 Å². The molecule has 0 bridgehead atoms. The Labute approximate surface area is 418 Å². The van der Waals surface area contributed by atoms with Crippen LogP contribution < -0.4 is 0 Å². The van der Waals surface area contributed by atoms with E-state index in [1.807, 2.05) is 0 Å². The molecule has 6 heteroatoms. The Kier molecular flexibility index (Phi) is 51.0. The Hall–Kier alpha value is -1.59. The first kappa shape index (κ1) is 65.4. The van der Waals surface area contributed by atoms with E-state index in [-0.39, 0.29) is 31.1 Å². The van der Waals surface area contributed by atoms with E-state index in [1.54, 1.807) is 0 Å². The zero-order valence-electron chi connectivity index (χ0n) is 46.2. The summed E-state index contributed by atoms with van der Waals surface area (Å²) in [6.45, 7) is 13.8. The maximum atomic E-state index is 12.9. The molecule has 0 rings (SSSR count). The lowest BCUT2D eigenvalue weighted by Crippen LogP contribution is -2.30. The first-order valence-electron chi connectivity index (χ1n) is 30.1. The number of esters is 3. The molecule has 0 saturated heterocycles. The molecule has 0 fully saturated rings. The smallest absolute Gasteiger partial charge is 0.306 e. The van der Waals surface area contributed by atoms with Crippen molar-refractivity contribution < 1.29 is 28.6 Å². The van der Waals surface area contributed by atoms with Crippen LogP contribution in [-0.2, 0) is 28.6 Å². The van der Waals surface area contributed by atoms with Crippen LogP contribution in [0.5, 0.6) is 0 Å². The predicted octanol–water partition coefficient (Wildman–Crippen LogP) is 19.9. The number of ether oxygens (including phenoxy) is 3. The summed E-state index contributed by atoms with van der Waals surface area (Å²) in [4.78, 5) is 38.2. The fourth-order valence-electron chi connectivity index (χ4n) is 9.32. The third kappa shape index (κ3) is 53.6. The molecule has 0 aliphatic heterocycles. The third-order valence-electron chi connectivity index (χ3n) is 14.3. The number of carbonyl (C=O) groups is 3. The van der Waals surface area contributed by atoms with Crippen molar-refractivity contribution in [3.8, 4) is 0 Å². The van der Waals surface area contributed by atoms with E-state index in [4.69, 9.17) is 14.2 Å². The van der Waals surface area contributed by atoms with Crippen molar-refractivity contribution in [3.63, 3.8) is 0 Å². The van der Waals surface area contributed by atoms with Gasteiger partial charge in [0.15, 0.2) is 6.10 Å². The minimum Gasteiger partial charge on any atom is -0.462 e. The lowest BCUT2D eigenvalue weighted by Gasteiger charge is -2.18.